The average molecular weight is 569 g/mol. The molecule has 0 heterocycles. The van der Waals surface area contributed by atoms with Crippen LogP contribution in [0.15, 0.2) is 107 Å². The average Bonchev–Trinajstić information content (AvgIpc) is 2.97. The van der Waals surface area contributed by atoms with E-state index in [1.165, 1.54) is 12.1 Å². The molecule has 0 saturated carbocycles. The Morgan fingerprint density at radius 1 is 0.805 bits per heavy atom. The highest BCUT2D eigenvalue weighted by molar-refractivity contribution is 7.92. The molecular weight excluding hydrogens is 536 g/mol. The molecular formula is C32H32N4O4S. The molecule has 0 fully saturated rings. The Balaban J connectivity index is 1.54. The molecule has 4 rings (SSSR count). The molecule has 4 aromatic carbocycles. The van der Waals surface area contributed by atoms with Gasteiger partial charge in [0.1, 0.15) is 6.54 Å². The van der Waals surface area contributed by atoms with Crippen molar-refractivity contribution in [3.63, 3.8) is 0 Å². The number of benzene rings is 4. The van der Waals surface area contributed by atoms with E-state index in [2.05, 4.69) is 15.8 Å². The highest BCUT2D eigenvalue weighted by Gasteiger charge is 2.28. The Kier molecular flexibility index (Phi) is 8.99. The fourth-order valence-electron chi connectivity index (χ4n) is 4.13. The highest BCUT2D eigenvalue weighted by Crippen LogP contribution is 2.28. The molecule has 210 valence electrons. The zero-order chi connectivity index (χ0) is 29.6. The largest absolute Gasteiger partial charge is 0.322 e. The maximum Gasteiger partial charge on any atom is 0.264 e. The lowest BCUT2D eigenvalue weighted by Crippen LogP contribution is -2.40. The summed E-state index contributed by atoms with van der Waals surface area (Å²) < 4.78 is 28.5. The Morgan fingerprint density at radius 2 is 1.46 bits per heavy atom. The highest BCUT2D eigenvalue weighted by atomic mass is 32.2. The first kappa shape index (κ1) is 29.2. The number of carbonyl (C=O) groups is 2. The summed E-state index contributed by atoms with van der Waals surface area (Å²) >= 11 is 0. The predicted molar refractivity (Wildman–Crippen MR) is 163 cm³/mol. The van der Waals surface area contributed by atoms with Crippen molar-refractivity contribution in [3.05, 3.63) is 125 Å². The molecule has 2 amide bonds. The van der Waals surface area contributed by atoms with Crippen LogP contribution in [0, 0.1) is 20.8 Å². The Labute approximate surface area is 240 Å². The summed E-state index contributed by atoms with van der Waals surface area (Å²) in [5.74, 6) is -0.846. The van der Waals surface area contributed by atoms with Crippen LogP contribution in [0.1, 0.15) is 39.5 Å². The number of sulfonamides is 1. The molecule has 9 heteroatoms. The molecule has 0 saturated heterocycles. The lowest BCUT2D eigenvalue weighted by atomic mass is 10.1. The number of hydrogen-bond donors (Lipinski definition) is 2. The van der Waals surface area contributed by atoms with Crippen molar-refractivity contribution in [1.82, 2.24) is 5.43 Å². The number of hydrazone groups is 1. The second-order valence-corrected chi connectivity index (χ2v) is 11.5. The van der Waals surface area contributed by atoms with E-state index < -0.39 is 22.5 Å². The number of amides is 2. The summed E-state index contributed by atoms with van der Waals surface area (Å²) in [4.78, 5) is 25.7. The lowest BCUT2D eigenvalue weighted by Gasteiger charge is -2.26. The normalized spacial score (nSPS) is 11.6. The molecule has 0 unspecified atom stereocenters. The van der Waals surface area contributed by atoms with Crippen LogP contribution < -0.4 is 15.0 Å². The SMILES string of the molecule is C/C(=N/NC(=O)CN(c1cccc(C)c1C)S(=O)(=O)c1ccc(C)cc1)c1cccc(NC(=O)c2ccccc2)c1. The standard InChI is InChI=1S/C32H32N4O4S/c1-22-16-18-29(19-17-22)41(39,40)36(30-15-8-10-23(2)24(30)3)21-31(37)35-34-25(4)27-13-9-14-28(20-27)33-32(38)26-11-6-5-7-12-26/h5-20H,21H2,1-4H3,(H,33,38)(H,35,37)/b34-25-. The molecule has 0 atom stereocenters. The van der Waals surface area contributed by atoms with Gasteiger partial charge >= 0.3 is 0 Å². The van der Waals surface area contributed by atoms with E-state index in [4.69, 9.17) is 0 Å². The maximum absolute atomic E-state index is 13.7. The van der Waals surface area contributed by atoms with E-state index in [9.17, 15) is 18.0 Å². The molecule has 0 aliphatic rings. The quantitative estimate of drug-likeness (QED) is 0.202. The third-order valence-corrected chi connectivity index (χ3v) is 8.44. The van der Waals surface area contributed by atoms with E-state index >= 15 is 0 Å². The van der Waals surface area contributed by atoms with Crippen molar-refractivity contribution in [3.8, 4) is 0 Å². The van der Waals surface area contributed by atoms with Gasteiger partial charge in [-0.15, -0.1) is 0 Å². The van der Waals surface area contributed by atoms with Crippen LogP contribution in [-0.2, 0) is 14.8 Å². The van der Waals surface area contributed by atoms with Gasteiger partial charge in [-0.05, 0) is 86.8 Å². The number of nitrogens with zero attached hydrogens (tertiary/aromatic N) is 2. The summed E-state index contributed by atoms with van der Waals surface area (Å²) in [5.41, 5.74) is 7.75. The molecule has 0 bridgehead atoms. The summed E-state index contributed by atoms with van der Waals surface area (Å²) in [6, 6.07) is 27.8. The van der Waals surface area contributed by atoms with Crippen LogP contribution in [0.25, 0.3) is 0 Å². The fourth-order valence-corrected chi connectivity index (χ4v) is 5.61. The molecule has 0 aliphatic heterocycles. The van der Waals surface area contributed by atoms with Crippen molar-refractivity contribution in [2.75, 3.05) is 16.2 Å². The third-order valence-electron chi connectivity index (χ3n) is 6.66. The molecule has 0 aliphatic carbocycles. The van der Waals surface area contributed by atoms with Crippen LogP contribution in [0.5, 0.6) is 0 Å². The van der Waals surface area contributed by atoms with E-state index in [1.54, 1.807) is 79.7 Å². The second kappa shape index (κ2) is 12.6. The van der Waals surface area contributed by atoms with E-state index in [1.807, 2.05) is 32.9 Å². The van der Waals surface area contributed by atoms with E-state index in [0.717, 1.165) is 21.0 Å². The van der Waals surface area contributed by atoms with Gasteiger partial charge in [-0.25, -0.2) is 13.8 Å². The van der Waals surface area contributed by atoms with Crippen molar-refractivity contribution >= 4 is 38.9 Å². The summed E-state index contributed by atoms with van der Waals surface area (Å²) in [6.07, 6.45) is 0. The van der Waals surface area contributed by atoms with Gasteiger partial charge in [0.15, 0.2) is 0 Å². The second-order valence-electron chi connectivity index (χ2n) is 9.68. The van der Waals surface area contributed by atoms with Gasteiger partial charge in [-0.2, -0.15) is 5.10 Å². The number of aryl methyl sites for hydroxylation is 2. The number of anilines is 2. The predicted octanol–water partition coefficient (Wildman–Crippen LogP) is 5.60. The van der Waals surface area contributed by atoms with E-state index in [0.29, 0.717) is 28.2 Å². The summed E-state index contributed by atoms with van der Waals surface area (Å²) in [5, 5.41) is 7.06. The van der Waals surface area contributed by atoms with Crippen LogP contribution in [0.4, 0.5) is 11.4 Å². The molecule has 2 N–H and O–H groups in total. The van der Waals surface area contributed by atoms with Crippen molar-refractivity contribution < 1.29 is 18.0 Å². The Bertz CT molecular complexity index is 1700. The summed E-state index contributed by atoms with van der Waals surface area (Å²) in [6.45, 7) is 6.83. The monoisotopic (exact) mass is 568 g/mol. The topological polar surface area (TPSA) is 108 Å². The first-order valence-electron chi connectivity index (χ1n) is 13.0. The van der Waals surface area contributed by atoms with E-state index in [-0.39, 0.29) is 10.8 Å². The van der Waals surface area contributed by atoms with Crippen molar-refractivity contribution in [2.45, 2.75) is 32.6 Å². The van der Waals surface area contributed by atoms with Gasteiger partial charge in [0, 0.05) is 11.3 Å². The number of rotatable bonds is 9. The minimum absolute atomic E-state index is 0.0888. The molecule has 0 radical (unpaired) electrons. The van der Waals surface area contributed by atoms with Crippen molar-refractivity contribution in [2.24, 2.45) is 5.10 Å². The smallest absolute Gasteiger partial charge is 0.264 e. The van der Waals surface area contributed by atoms with Gasteiger partial charge in [0.2, 0.25) is 0 Å². The lowest BCUT2D eigenvalue weighted by molar-refractivity contribution is -0.119. The summed E-state index contributed by atoms with van der Waals surface area (Å²) in [7, 11) is -4.05. The van der Waals surface area contributed by atoms with Crippen LogP contribution >= 0.6 is 0 Å². The zero-order valence-corrected chi connectivity index (χ0v) is 24.2. The van der Waals surface area contributed by atoms with Gasteiger partial charge < -0.3 is 5.32 Å². The van der Waals surface area contributed by atoms with Crippen LogP contribution in [0.3, 0.4) is 0 Å². The zero-order valence-electron chi connectivity index (χ0n) is 23.4. The van der Waals surface area contributed by atoms with Gasteiger partial charge in [-0.1, -0.05) is 60.2 Å². The molecule has 4 aromatic rings. The Morgan fingerprint density at radius 3 is 2.17 bits per heavy atom. The maximum atomic E-state index is 13.7. The van der Waals surface area contributed by atoms with Gasteiger partial charge in [-0.3, -0.25) is 13.9 Å². The minimum atomic E-state index is -4.05. The van der Waals surface area contributed by atoms with Crippen molar-refractivity contribution in [1.29, 1.82) is 0 Å². The van der Waals surface area contributed by atoms with Crippen LogP contribution in [-0.4, -0.2) is 32.5 Å². The first-order chi connectivity index (χ1) is 19.6. The minimum Gasteiger partial charge on any atom is -0.322 e. The number of nitrogens with one attached hydrogen (secondary N) is 2. The Hall–Kier alpha value is -4.76. The van der Waals surface area contributed by atoms with Gasteiger partial charge in [0.25, 0.3) is 21.8 Å². The van der Waals surface area contributed by atoms with Gasteiger partial charge in [0.05, 0.1) is 16.3 Å². The molecule has 41 heavy (non-hydrogen) atoms. The molecule has 8 nitrogen and oxygen atoms in total. The fraction of sp³-hybridized carbons (Fsp3) is 0.156. The number of hydrogen-bond acceptors (Lipinski definition) is 5. The van der Waals surface area contributed by atoms with Crippen LogP contribution in [0.2, 0.25) is 0 Å². The first-order valence-corrected chi connectivity index (χ1v) is 14.5. The third kappa shape index (κ3) is 7.06. The molecule has 0 spiro atoms. The molecule has 0 aromatic heterocycles. The number of carbonyl (C=O) groups excluding carboxylic acids is 2.